The molecule has 0 heterocycles. The summed E-state index contributed by atoms with van der Waals surface area (Å²) >= 11 is 5.96. The molecular weight excluding hydrogens is 298 g/mol. The van der Waals surface area contributed by atoms with Crippen molar-refractivity contribution in [1.82, 2.24) is 0 Å². The van der Waals surface area contributed by atoms with Crippen LogP contribution >= 0.6 is 11.6 Å². The highest BCUT2D eigenvalue weighted by molar-refractivity contribution is 6.31. The van der Waals surface area contributed by atoms with Crippen LogP contribution in [0.25, 0.3) is 0 Å². The van der Waals surface area contributed by atoms with Gasteiger partial charge in [-0.2, -0.15) is 0 Å². The van der Waals surface area contributed by atoms with E-state index in [1.165, 1.54) is 25.3 Å². The van der Waals surface area contributed by atoms with Crippen LogP contribution in [0.3, 0.4) is 0 Å². The third-order valence-electron chi connectivity index (χ3n) is 2.78. The average Bonchev–Trinajstić information content (AvgIpc) is 2.47. The van der Waals surface area contributed by atoms with Gasteiger partial charge in [0.1, 0.15) is 11.5 Å². The molecule has 0 aliphatic rings. The van der Waals surface area contributed by atoms with Crippen molar-refractivity contribution >= 4 is 17.3 Å². The number of halogens is 1. The fraction of sp³-hybridized carbons (Fsp3) is 0.143. The van der Waals surface area contributed by atoms with Crippen LogP contribution in [-0.4, -0.2) is 17.1 Å². The quantitative estimate of drug-likeness (QED) is 0.674. The zero-order valence-electron chi connectivity index (χ0n) is 11.1. The van der Waals surface area contributed by atoms with E-state index in [9.17, 15) is 10.1 Å². The number of nitro benzene ring substituents is 1. The maximum Gasteiger partial charge on any atom is 0.314 e. The maximum absolute atomic E-state index is 10.9. The zero-order valence-corrected chi connectivity index (χ0v) is 11.8. The Hall–Kier alpha value is -2.31. The van der Waals surface area contributed by atoms with Crippen molar-refractivity contribution in [3.63, 3.8) is 0 Å². The molecule has 7 heteroatoms. The van der Waals surface area contributed by atoms with Crippen molar-refractivity contribution < 1.29 is 19.5 Å². The lowest BCUT2D eigenvalue weighted by atomic mass is 10.2. The molecule has 0 aliphatic carbocycles. The number of methoxy groups -OCH3 is 1. The molecule has 0 amide bonds. The number of hydrogen-bond donors (Lipinski definition) is 1. The smallest absolute Gasteiger partial charge is 0.314 e. The molecule has 0 aromatic heterocycles. The molecule has 0 radical (unpaired) electrons. The van der Waals surface area contributed by atoms with Crippen molar-refractivity contribution in [3.8, 4) is 17.2 Å². The van der Waals surface area contributed by atoms with E-state index in [4.69, 9.17) is 26.2 Å². The fourth-order valence-corrected chi connectivity index (χ4v) is 1.96. The monoisotopic (exact) mass is 309 g/mol. The van der Waals surface area contributed by atoms with Gasteiger partial charge < -0.3 is 14.6 Å². The van der Waals surface area contributed by atoms with Gasteiger partial charge in [-0.05, 0) is 29.8 Å². The van der Waals surface area contributed by atoms with Gasteiger partial charge in [-0.25, -0.2) is 0 Å². The van der Waals surface area contributed by atoms with Crippen molar-refractivity contribution in [2.75, 3.05) is 7.11 Å². The predicted octanol–water partition coefficient (Wildman–Crippen LogP) is 3.54. The molecule has 2 aromatic carbocycles. The first kappa shape index (κ1) is 15.1. The Morgan fingerprint density at radius 2 is 1.90 bits per heavy atom. The Morgan fingerprint density at radius 1 is 1.24 bits per heavy atom. The van der Waals surface area contributed by atoms with E-state index in [1.54, 1.807) is 18.2 Å². The lowest BCUT2D eigenvalue weighted by molar-refractivity contribution is -0.385. The van der Waals surface area contributed by atoms with Crippen LogP contribution in [0.4, 0.5) is 5.69 Å². The van der Waals surface area contributed by atoms with E-state index in [0.29, 0.717) is 16.3 Å². The van der Waals surface area contributed by atoms with Gasteiger partial charge in [0, 0.05) is 5.02 Å². The standard InChI is InChI=1S/C14H12ClNO5/c1-20-14-5-4-11(7-13(14)16(18)19)21-10-3-2-9(8-17)12(15)6-10/h2-7,17H,8H2,1H3. The van der Waals surface area contributed by atoms with Crippen LogP contribution in [0.5, 0.6) is 17.2 Å². The van der Waals surface area contributed by atoms with E-state index < -0.39 is 4.92 Å². The van der Waals surface area contributed by atoms with Crippen LogP contribution in [0.15, 0.2) is 36.4 Å². The minimum absolute atomic E-state index is 0.154. The maximum atomic E-state index is 10.9. The molecule has 21 heavy (non-hydrogen) atoms. The Bertz CT molecular complexity index is 674. The molecule has 0 fully saturated rings. The summed E-state index contributed by atoms with van der Waals surface area (Å²) in [6.07, 6.45) is 0. The lowest BCUT2D eigenvalue weighted by Crippen LogP contribution is -1.94. The minimum atomic E-state index is -0.548. The topological polar surface area (TPSA) is 81.8 Å². The lowest BCUT2D eigenvalue weighted by Gasteiger charge is -2.09. The van der Waals surface area contributed by atoms with Crippen molar-refractivity contribution in [1.29, 1.82) is 0 Å². The Balaban J connectivity index is 2.29. The number of rotatable bonds is 5. The predicted molar refractivity (Wildman–Crippen MR) is 77.1 cm³/mol. The number of benzene rings is 2. The van der Waals surface area contributed by atoms with Gasteiger partial charge in [0.2, 0.25) is 0 Å². The van der Waals surface area contributed by atoms with Gasteiger partial charge in [-0.15, -0.1) is 0 Å². The number of hydrogen-bond acceptors (Lipinski definition) is 5. The summed E-state index contributed by atoms with van der Waals surface area (Å²) in [7, 11) is 1.36. The number of nitro groups is 1. The number of aliphatic hydroxyl groups excluding tert-OH is 1. The summed E-state index contributed by atoms with van der Waals surface area (Å²) < 4.78 is 10.4. The molecule has 6 nitrogen and oxygen atoms in total. The molecule has 0 bridgehead atoms. The fourth-order valence-electron chi connectivity index (χ4n) is 1.73. The van der Waals surface area contributed by atoms with Gasteiger partial charge >= 0.3 is 5.69 Å². The largest absolute Gasteiger partial charge is 0.490 e. The third-order valence-corrected chi connectivity index (χ3v) is 3.13. The van der Waals surface area contributed by atoms with Crippen molar-refractivity contribution in [3.05, 3.63) is 57.1 Å². The first-order valence-corrected chi connectivity index (χ1v) is 6.32. The Morgan fingerprint density at radius 3 is 2.48 bits per heavy atom. The first-order chi connectivity index (χ1) is 10.0. The molecule has 0 unspecified atom stereocenters. The van der Waals surface area contributed by atoms with Gasteiger partial charge in [0.05, 0.1) is 24.7 Å². The SMILES string of the molecule is COc1ccc(Oc2ccc(CO)c(Cl)c2)cc1[N+](=O)[O-]. The third kappa shape index (κ3) is 3.42. The molecule has 0 saturated heterocycles. The highest BCUT2D eigenvalue weighted by atomic mass is 35.5. The second-order valence-electron chi connectivity index (χ2n) is 4.10. The summed E-state index contributed by atoms with van der Waals surface area (Å²) in [5, 5.41) is 20.3. The van der Waals surface area contributed by atoms with Gasteiger partial charge in [-0.3, -0.25) is 10.1 Å². The van der Waals surface area contributed by atoms with Crippen LogP contribution in [0.1, 0.15) is 5.56 Å². The highest BCUT2D eigenvalue weighted by Crippen LogP contribution is 2.33. The highest BCUT2D eigenvalue weighted by Gasteiger charge is 2.16. The molecule has 110 valence electrons. The summed E-state index contributed by atoms with van der Waals surface area (Å²) in [5.41, 5.74) is 0.387. The van der Waals surface area contributed by atoms with E-state index >= 15 is 0 Å². The summed E-state index contributed by atoms with van der Waals surface area (Å²) in [5.74, 6) is 0.855. The molecule has 0 atom stereocenters. The molecule has 0 saturated carbocycles. The van der Waals surface area contributed by atoms with Gasteiger partial charge in [0.25, 0.3) is 0 Å². The van der Waals surface area contributed by atoms with E-state index in [2.05, 4.69) is 0 Å². The van der Waals surface area contributed by atoms with Crippen LogP contribution < -0.4 is 9.47 Å². The van der Waals surface area contributed by atoms with Crippen LogP contribution in [-0.2, 0) is 6.61 Å². The molecule has 0 aliphatic heterocycles. The number of aliphatic hydroxyl groups is 1. The second-order valence-corrected chi connectivity index (χ2v) is 4.51. The van der Waals surface area contributed by atoms with Crippen LogP contribution in [0, 0.1) is 10.1 Å². The molecule has 1 N–H and O–H groups in total. The second kappa shape index (κ2) is 6.43. The summed E-state index contributed by atoms with van der Waals surface area (Å²) in [4.78, 5) is 10.4. The molecule has 2 rings (SSSR count). The molecular formula is C14H12ClNO5. The normalized spacial score (nSPS) is 10.2. The van der Waals surface area contributed by atoms with Crippen molar-refractivity contribution in [2.45, 2.75) is 6.61 Å². The summed E-state index contributed by atoms with van der Waals surface area (Å²) in [6, 6.07) is 9.05. The van der Waals surface area contributed by atoms with Crippen LogP contribution in [0.2, 0.25) is 5.02 Å². The summed E-state index contributed by atoms with van der Waals surface area (Å²) in [6.45, 7) is -0.173. The zero-order chi connectivity index (χ0) is 15.4. The van der Waals surface area contributed by atoms with E-state index in [0.717, 1.165) is 0 Å². The van der Waals surface area contributed by atoms with E-state index in [1.807, 2.05) is 0 Å². The van der Waals surface area contributed by atoms with Crippen molar-refractivity contribution in [2.24, 2.45) is 0 Å². The van der Waals surface area contributed by atoms with Gasteiger partial charge in [0.15, 0.2) is 5.75 Å². The molecule has 0 spiro atoms. The minimum Gasteiger partial charge on any atom is -0.490 e. The first-order valence-electron chi connectivity index (χ1n) is 5.94. The Kier molecular flexibility index (Phi) is 4.62. The molecule has 2 aromatic rings. The van der Waals surface area contributed by atoms with E-state index in [-0.39, 0.29) is 23.8 Å². The van der Waals surface area contributed by atoms with Gasteiger partial charge in [-0.1, -0.05) is 17.7 Å². The average molecular weight is 310 g/mol. The Labute approximate surface area is 125 Å². The number of ether oxygens (including phenoxy) is 2. The number of nitrogens with zero attached hydrogens (tertiary/aromatic N) is 1.